The van der Waals surface area contributed by atoms with Crippen LogP contribution in [-0.4, -0.2) is 33.9 Å². The molecule has 1 amide bonds. The lowest BCUT2D eigenvalue weighted by atomic mass is 9.87. The second-order valence-corrected chi connectivity index (χ2v) is 9.62. The Morgan fingerprint density at radius 2 is 2.00 bits per heavy atom. The van der Waals surface area contributed by atoms with Crippen molar-refractivity contribution in [2.24, 2.45) is 5.92 Å². The van der Waals surface area contributed by atoms with E-state index in [1.54, 1.807) is 0 Å². The number of pyridine rings is 1. The van der Waals surface area contributed by atoms with Crippen LogP contribution in [0.2, 0.25) is 5.02 Å². The van der Waals surface area contributed by atoms with Crippen molar-refractivity contribution in [3.05, 3.63) is 94.9 Å². The number of hydrogen-bond acceptors (Lipinski definition) is 4. The lowest BCUT2D eigenvalue weighted by Crippen LogP contribution is -2.22. The molecule has 6 nitrogen and oxygen atoms in total. The molecule has 0 saturated carbocycles. The summed E-state index contributed by atoms with van der Waals surface area (Å²) in [4.78, 5) is 17.4. The van der Waals surface area contributed by atoms with Crippen LogP contribution in [0.4, 0.5) is 0 Å². The van der Waals surface area contributed by atoms with Gasteiger partial charge in [0.05, 0.1) is 5.52 Å². The monoisotopic (exact) mass is 488 g/mol. The summed E-state index contributed by atoms with van der Waals surface area (Å²) in [7, 11) is 0. The number of ether oxygens (including phenoxy) is 1. The molecule has 1 saturated heterocycles. The first-order chi connectivity index (χ1) is 17.1. The van der Waals surface area contributed by atoms with Crippen LogP contribution in [0.1, 0.15) is 46.8 Å². The average molecular weight is 489 g/mol. The van der Waals surface area contributed by atoms with Crippen molar-refractivity contribution in [2.75, 3.05) is 13.2 Å². The van der Waals surface area contributed by atoms with E-state index in [9.17, 15) is 4.79 Å². The van der Waals surface area contributed by atoms with E-state index in [1.807, 2.05) is 65.5 Å². The van der Waals surface area contributed by atoms with Gasteiger partial charge in [0.1, 0.15) is 0 Å². The van der Waals surface area contributed by atoms with Gasteiger partial charge in [0.15, 0.2) is 0 Å². The van der Waals surface area contributed by atoms with Crippen LogP contribution in [0.15, 0.2) is 73.1 Å². The minimum Gasteiger partial charge on any atom is -0.381 e. The Bertz CT molecular complexity index is 1280. The molecule has 1 aliphatic rings. The Labute approximate surface area is 210 Å². The average Bonchev–Trinajstić information content (AvgIpc) is 3.30. The molecule has 1 atom stereocenters. The Balaban J connectivity index is 1.30. The molecule has 0 bridgehead atoms. The molecule has 7 heteroatoms. The van der Waals surface area contributed by atoms with E-state index < -0.39 is 0 Å². The zero-order valence-corrected chi connectivity index (χ0v) is 20.3. The SMILES string of the molecule is O=C(NCc1cccc(Cl)c1)c1ccc2cn(CC(CC3CCOCC3)c3ccccn3)nc2c1. The third-order valence-electron chi connectivity index (χ3n) is 6.63. The van der Waals surface area contributed by atoms with Gasteiger partial charge in [-0.05, 0) is 67.1 Å². The van der Waals surface area contributed by atoms with Gasteiger partial charge in [-0.2, -0.15) is 5.10 Å². The molecule has 4 aromatic rings. The minimum absolute atomic E-state index is 0.132. The van der Waals surface area contributed by atoms with Gasteiger partial charge in [0.25, 0.3) is 5.91 Å². The highest BCUT2D eigenvalue weighted by molar-refractivity contribution is 6.30. The smallest absolute Gasteiger partial charge is 0.251 e. The van der Waals surface area contributed by atoms with Crippen molar-refractivity contribution in [3.63, 3.8) is 0 Å². The third-order valence-corrected chi connectivity index (χ3v) is 6.87. The zero-order chi connectivity index (χ0) is 24.0. The summed E-state index contributed by atoms with van der Waals surface area (Å²) in [6, 6.07) is 19.3. The molecule has 180 valence electrons. The molecule has 5 rings (SSSR count). The molecule has 2 aromatic carbocycles. The molecule has 2 aromatic heterocycles. The second-order valence-electron chi connectivity index (χ2n) is 9.18. The summed E-state index contributed by atoms with van der Waals surface area (Å²) in [6.07, 6.45) is 7.17. The van der Waals surface area contributed by atoms with Crippen molar-refractivity contribution in [1.82, 2.24) is 20.1 Å². The summed E-state index contributed by atoms with van der Waals surface area (Å²) < 4.78 is 7.55. The molecule has 0 spiro atoms. The summed E-state index contributed by atoms with van der Waals surface area (Å²) in [5, 5.41) is 9.45. The lowest BCUT2D eigenvalue weighted by molar-refractivity contribution is 0.0608. The molecule has 0 radical (unpaired) electrons. The van der Waals surface area contributed by atoms with Gasteiger partial charge in [-0.1, -0.05) is 35.9 Å². The highest BCUT2D eigenvalue weighted by atomic mass is 35.5. The van der Waals surface area contributed by atoms with Crippen molar-refractivity contribution < 1.29 is 9.53 Å². The number of aromatic nitrogens is 3. The van der Waals surface area contributed by atoms with Gasteiger partial charge >= 0.3 is 0 Å². The molecular weight excluding hydrogens is 460 g/mol. The topological polar surface area (TPSA) is 69.0 Å². The zero-order valence-electron chi connectivity index (χ0n) is 19.6. The predicted octanol–water partition coefficient (Wildman–Crippen LogP) is 5.62. The molecule has 0 aliphatic carbocycles. The van der Waals surface area contributed by atoms with E-state index in [4.69, 9.17) is 21.4 Å². The quantitative estimate of drug-likeness (QED) is 0.349. The highest BCUT2D eigenvalue weighted by Gasteiger charge is 2.22. The first-order valence-electron chi connectivity index (χ1n) is 12.1. The van der Waals surface area contributed by atoms with Crippen LogP contribution in [0.25, 0.3) is 10.9 Å². The summed E-state index contributed by atoms with van der Waals surface area (Å²) in [5.41, 5.74) is 3.46. The fourth-order valence-corrected chi connectivity index (χ4v) is 4.96. The van der Waals surface area contributed by atoms with Crippen LogP contribution in [0, 0.1) is 5.92 Å². The van der Waals surface area contributed by atoms with Crippen molar-refractivity contribution in [2.45, 2.75) is 38.3 Å². The number of benzene rings is 2. The Morgan fingerprint density at radius 3 is 2.80 bits per heavy atom. The van der Waals surface area contributed by atoms with Crippen molar-refractivity contribution in [3.8, 4) is 0 Å². The number of carbonyl (C=O) groups is 1. The summed E-state index contributed by atoms with van der Waals surface area (Å²) >= 11 is 6.04. The van der Waals surface area contributed by atoms with Crippen LogP contribution in [-0.2, 0) is 17.8 Å². The second kappa shape index (κ2) is 11.0. The number of nitrogens with one attached hydrogen (secondary N) is 1. The molecule has 1 N–H and O–H groups in total. The summed E-state index contributed by atoms with van der Waals surface area (Å²) in [6.45, 7) is 2.85. The van der Waals surface area contributed by atoms with Crippen LogP contribution in [0.3, 0.4) is 0 Å². The van der Waals surface area contributed by atoms with Crippen LogP contribution in [0.5, 0.6) is 0 Å². The van der Waals surface area contributed by atoms with Crippen LogP contribution < -0.4 is 5.32 Å². The number of amides is 1. The molecule has 1 aliphatic heterocycles. The maximum absolute atomic E-state index is 12.7. The maximum Gasteiger partial charge on any atom is 0.251 e. The van der Waals surface area contributed by atoms with Gasteiger partial charge in [-0.25, -0.2) is 0 Å². The van der Waals surface area contributed by atoms with Gasteiger partial charge in [0, 0.05) is 66.3 Å². The van der Waals surface area contributed by atoms with Gasteiger partial charge < -0.3 is 10.1 Å². The number of nitrogens with zero attached hydrogens (tertiary/aromatic N) is 3. The standard InChI is InChI=1S/C28H29ClN4O2/c29-25-5-3-4-21(15-25)17-31-28(34)22-7-8-23-18-33(32-27(23)16-22)19-24(26-6-1-2-11-30-26)14-20-9-12-35-13-10-20/h1-8,11,15-16,18,20,24H,9-10,12-14,17,19H2,(H,31,34). The Morgan fingerprint density at radius 1 is 1.11 bits per heavy atom. The Kier molecular flexibility index (Phi) is 7.40. The first-order valence-corrected chi connectivity index (χ1v) is 12.5. The number of hydrogen-bond donors (Lipinski definition) is 1. The molecule has 1 unspecified atom stereocenters. The predicted molar refractivity (Wildman–Crippen MR) is 137 cm³/mol. The van der Waals surface area contributed by atoms with Crippen LogP contribution >= 0.6 is 11.6 Å². The van der Waals surface area contributed by atoms with Crippen molar-refractivity contribution >= 4 is 28.4 Å². The largest absolute Gasteiger partial charge is 0.381 e. The maximum atomic E-state index is 12.7. The minimum atomic E-state index is -0.132. The van der Waals surface area contributed by atoms with E-state index in [0.717, 1.165) is 61.2 Å². The van der Waals surface area contributed by atoms with Gasteiger partial charge in [-0.15, -0.1) is 0 Å². The molecule has 35 heavy (non-hydrogen) atoms. The Hall–Kier alpha value is -3.22. The number of fused-ring (bicyclic) bond motifs is 1. The fraction of sp³-hybridized carbons (Fsp3) is 0.321. The van der Waals surface area contributed by atoms with E-state index in [2.05, 4.69) is 22.6 Å². The van der Waals surface area contributed by atoms with E-state index >= 15 is 0 Å². The summed E-state index contributed by atoms with van der Waals surface area (Å²) in [5.74, 6) is 0.775. The van der Waals surface area contributed by atoms with Crippen molar-refractivity contribution in [1.29, 1.82) is 0 Å². The number of rotatable bonds is 8. The number of halogens is 1. The van der Waals surface area contributed by atoms with E-state index in [-0.39, 0.29) is 11.8 Å². The normalized spacial score (nSPS) is 15.2. The van der Waals surface area contributed by atoms with E-state index in [1.165, 1.54) is 0 Å². The number of carbonyl (C=O) groups excluding carboxylic acids is 1. The molecular formula is C28H29ClN4O2. The first kappa shape index (κ1) is 23.5. The molecule has 3 heterocycles. The third kappa shape index (κ3) is 6.08. The molecule has 1 fully saturated rings. The highest BCUT2D eigenvalue weighted by Crippen LogP contribution is 2.30. The van der Waals surface area contributed by atoms with Gasteiger partial charge in [0.2, 0.25) is 0 Å². The lowest BCUT2D eigenvalue weighted by Gasteiger charge is -2.26. The van der Waals surface area contributed by atoms with Gasteiger partial charge in [-0.3, -0.25) is 14.5 Å². The van der Waals surface area contributed by atoms with E-state index in [0.29, 0.717) is 23.0 Å². The fourth-order valence-electron chi connectivity index (χ4n) is 4.75.